The van der Waals surface area contributed by atoms with Gasteiger partial charge < -0.3 is 5.11 Å². The first-order valence-electron chi connectivity index (χ1n) is 4.79. The molecule has 16 heavy (non-hydrogen) atoms. The van der Waals surface area contributed by atoms with E-state index in [2.05, 4.69) is 15.4 Å². The first-order chi connectivity index (χ1) is 7.63. The normalized spacial score (nSPS) is 10.6. The fourth-order valence-corrected chi connectivity index (χ4v) is 1.51. The van der Waals surface area contributed by atoms with E-state index in [1.807, 2.05) is 6.92 Å². The molecule has 0 bridgehead atoms. The first kappa shape index (κ1) is 10.3. The molecule has 2 rings (SSSR count). The van der Waals surface area contributed by atoms with Gasteiger partial charge in [-0.2, -0.15) is 5.10 Å². The van der Waals surface area contributed by atoms with E-state index in [1.165, 1.54) is 0 Å². The second-order valence-electron chi connectivity index (χ2n) is 3.31. The Morgan fingerprint density at radius 2 is 2.31 bits per heavy atom. The van der Waals surface area contributed by atoms with Gasteiger partial charge in [0.25, 0.3) is 0 Å². The Morgan fingerprint density at radius 3 is 2.81 bits per heavy atom. The lowest BCUT2D eigenvalue weighted by Gasteiger charge is -2.00. The molecule has 0 saturated heterocycles. The topological polar surface area (TPSA) is 85.8 Å². The molecule has 2 heterocycles. The van der Waals surface area contributed by atoms with E-state index in [-0.39, 0.29) is 5.69 Å². The van der Waals surface area contributed by atoms with Crippen molar-refractivity contribution in [1.82, 2.24) is 24.8 Å². The zero-order valence-corrected chi connectivity index (χ0v) is 8.95. The van der Waals surface area contributed by atoms with Crippen LogP contribution in [0.2, 0.25) is 0 Å². The van der Waals surface area contributed by atoms with Crippen LogP contribution in [0.4, 0.5) is 0 Å². The second-order valence-corrected chi connectivity index (χ2v) is 3.31. The number of hydrogen-bond acceptors (Lipinski definition) is 4. The summed E-state index contributed by atoms with van der Waals surface area (Å²) in [5.74, 6) is -1.08. The van der Waals surface area contributed by atoms with Crippen molar-refractivity contribution in [3.63, 3.8) is 0 Å². The molecule has 7 nitrogen and oxygen atoms in total. The van der Waals surface area contributed by atoms with Crippen molar-refractivity contribution in [2.45, 2.75) is 13.5 Å². The van der Waals surface area contributed by atoms with Crippen molar-refractivity contribution >= 4 is 5.97 Å². The molecule has 0 aliphatic carbocycles. The standard InChI is InChI=1S/C9H11N5O2/c1-3-14-8(6-4-10-13(2)5-6)7(9(15)16)11-12-14/h4-5H,3H2,1-2H3,(H,15,16). The molecule has 0 radical (unpaired) electrons. The summed E-state index contributed by atoms with van der Waals surface area (Å²) in [6.45, 7) is 2.44. The highest BCUT2D eigenvalue weighted by molar-refractivity contribution is 5.92. The van der Waals surface area contributed by atoms with Crippen LogP contribution < -0.4 is 0 Å². The van der Waals surface area contributed by atoms with E-state index < -0.39 is 5.97 Å². The summed E-state index contributed by atoms with van der Waals surface area (Å²) in [6, 6.07) is 0. The molecule has 0 spiro atoms. The quantitative estimate of drug-likeness (QED) is 0.810. The summed E-state index contributed by atoms with van der Waals surface area (Å²) in [4.78, 5) is 11.0. The van der Waals surface area contributed by atoms with Crippen LogP contribution >= 0.6 is 0 Å². The third-order valence-corrected chi connectivity index (χ3v) is 2.22. The summed E-state index contributed by atoms with van der Waals surface area (Å²) in [5.41, 5.74) is 1.14. The van der Waals surface area contributed by atoms with Crippen LogP contribution in [0.5, 0.6) is 0 Å². The van der Waals surface area contributed by atoms with Crippen LogP contribution in [0.25, 0.3) is 11.3 Å². The summed E-state index contributed by atoms with van der Waals surface area (Å²) in [7, 11) is 1.77. The average Bonchev–Trinajstić information content (AvgIpc) is 2.82. The first-order valence-corrected chi connectivity index (χ1v) is 4.79. The van der Waals surface area contributed by atoms with Gasteiger partial charge in [0, 0.05) is 25.4 Å². The van der Waals surface area contributed by atoms with E-state index in [9.17, 15) is 4.79 Å². The van der Waals surface area contributed by atoms with Gasteiger partial charge in [-0.1, -0.05) is 5.21 Å². The molecule has 2 aromatic rings. The van der Waals surface area contributed by atoms with Crippen molar-refractivity contribution in [3.05, 3.63) is 18.1 Å². The van der Waals surface area contributed by atoms with Gasteiger partial charge in [-0.05, 0) is 6.92 Å². The zero-order chi connectivity index (χ0) is 11.7. The Morgan fingerprint density at radius 1 is 1.56 bits per heavy atom. The highest BCUT2D eigenvalue weighted by atomic mass is 16.4. The molecular formula is C9H11N5O2. The summed E-state index contributed by atoms with van der Waals surface area (Å²) in [5, 5.41) is 20.4. The number of carbonyl (C=O) groups is 1. The minimum absolute atomic E-state index is 0.0464. The number of aromatic nitrogens is 5. The molecule has 0 aliphatic heterocycles. The summed E-state index contributed by atoms with van der Waals surface area (Å²) < 4.78 is 3.15. The lowest BCUT2D eigenvalue weighted by Crippen LogP contribution is -2.02. The van der Waals surface area contributed by atoms with Crippen molar-refractivity contribution in [3.8, 4) is 11.3 Å². The smallest absolute Gasteiger partial charge is 0.358 e. The van der Waals surface area contributed by atoms with Gasteiger partial charge in [-0.3, -0.25) is 4.68 Å². The second kappa shape index (κ2) is 3.76. The molecule has 84 valence electrons. The number of aromatic carboxylic acids is 1. The Kier molecular flexibility index (Phi) is 2.43. The maximum atomic E-state index is 11.0. The third kappa shape index (κ3) is 1.56. The van der Waals surface area contributed by atoms with E-state index >= 15 is 0 Å². The maximum Gasteiger partial charge on any atom is 0.358 e. The number of rotatable bonds is 3. The minimum atomic E-state index is -1.08. The zero-order valence-electron chi connectivity index (χ0n) is 8.95. The number of aryl methyl sites for hydroxylation is 2. The van der Waals surface area contributed by atoms with Gasteiger partial charge in [-0.15, -0.1) is 5.10 Å². The van der Waals surface area contributed by atoms with E-state index in [1.54, 1.807) is 28.8 Å². The van der Waals surface area contributed by atoms with Crippen LogP contribution in [-0.2, 0) is 13.6 Å². The molecule has 0 unspecified atom stereocenters. The Balaban J connectivity index is 2.60. The monoisotopic (exact) mass is 221 g/mol. The highest BCUT2D eigenvalue weighted by Crippen LogP contribution is 2.21. The predicted octanol–water partition coefficient (Wildman–Crippen LogP) is 0.397. The average molecular weight is 221 g/mol. The highest BCUT2D eigenvalue weighted by Gasteiger charge is 2.20. The Bertz CT molecular complexity index is 528. The van der Waals surface area contributed by atoms with Crippen LogP contribution in [0, 0.1) is 0 Å². The molecule has 0 aromatic carbocycles. The van der Waals surface area contributed by atoms with Crippen LogP contribution in [0.15, 0.2) is 12.4 Å². The molecule has 7 heteroatoms. The van der Waals surface area contributed by atoms with E-state index in [0.717, 1.165) is 0 Å². The molecule has 0 fully saturated rings. The lowest BCUT2D eigenvalue weighted by atomic mass is 10.2. The van der Waals surface area contributed by atoms with Gasteiger partial charge in [-0.25, -0.2) is 9.48 Å². The van der Waals surface area contributed by atoms with Gasteiger partial charge in [0.05, 0.1) is 6.20 Å². The van der Waals surface area contributed by atoms with Crippen molar-refractivity contribution < 1.29 is 9.90 Å². The molecule has 0 amide bonds. The molecule has 0 atom stereocenters. The van der Waals surface area contributed by atoms with Gasteiger partial charge in [0.1, 0.15) is 5.69 Å². The largest absolute Gasteiger partial charge is 0.476 e. The van der Waals surface area contributed by atoms with Crippen LogP contribution in [-0.4, -0.2) is 35.9 Å². The predicted molar refractivity (Wildman–Crippen MR) is 54.9 cm³/mol. The van der Waals surface area contributed by atoms with Gasteiger partial charge in [0.15, 0.2) is 5.69 Å². The fraction of sp³-hybridized carbons (Fsp3) is 0.333. The van der Waals surface area contributed by atoms with Crippen LogP contribution in [0.1, 0.15) is 17.4 Å². The number of nitrogens with zero attached hydrogens (tertiary/aromatic N) is 5. The Hall–Kier alpha value is -2.18. The number of carboxylic acids is 1. The lowest BCUT2D eigenvalue weighted by molar-refractivity contribution is 0.0691. The summed E-state index contributed by atoms with van der Waals surface area (Å²) >= 11 is 0. The van der Waals surface area contributed by atoms with Crippen molar-refractivity contribution in [2.75, 3.05) is 0 Å². The van der Waals surface area contributed by atoms with Gasteiger partial charge in [0.2, 0.25) is 0 Å². The molecule has 0 aliphatic rings. The Labute approximate surface area is 91.3 Å². The third-order valence-electron chi connectivity index (χ3n) is 2.22. The molecule has 1 N–H and O–H groups in total. The SMILES string of the molecule is CCn1nnc(C(=O)O)c1-c1cnn(C)c1. The van der Waals surface area contributed by atoms with Crippen molar-refractivity contribution in [2.24, 2.45) is 7.05 Å². The maximum absolute atomic E-state index is 11.0. The van der Waals surface area contributed by atoms with Crippen LogP contribution in [0.3, 0.4) is 0 Å². The fourth-order valence-electron chi connectivity index (χ4n) is 1.51. The number of hydrogen-bond donors (Lipinski definition) is 1. The van der Waals surface area contributed by atoms with E-state index in [4.69, 9.17) is 5.11 Å². The molecule has 2 aromatic heterocycles. The number of carboxylic acid groups (broad SMARTS) is 1. The van der Waals surface area contributed by atoms with Crippen molar-refractivity contribution in [1.29, 1.82) is 0 Å². The van der Waals surface area contributed by atoms with E-state index in [0.29, 0.717) is 17.8 Å². The minimum Gasteiger partial charge on any atom is -0.476 e. The summed E-state index contributed by atoms with van der Waals surface area (Å²) in [6.07, 6.45) is 3.33. The van der Waals surface area contributed by atoms with Gasteiger partial charge >= 0.3 is 5.97 Å². The molecular weight excluding hydrogens is 210 g/mol. The molecule has 0 saturated carbocycles.